The Labute approximate surface area is 92.3 Å². The van der Waals surface area contributed by atoms with Crippen molar-refractivity contribution in [2.24, 2.45) is 0 Å². The lowest BCUT2D eigenvalue weighted by molar-refractivity contribution is 0.326. The van der Waals surface area contributed by atoms with Crippen LogP contribution in [0.2, 0.25) is 5.02 Å². The number of benzene rings is 1. The fourth-order valence-corrected chi connectivity index (χ4v) is 1.61. The van der Waals surface area contributed by atoms with Crippen LogP contribution in [-0.4, -0.2) is 16.7 Å². The third kappa shape index (κ3) is 1.83. The molecule has 1 aromatic carbocycles. The molecule has 0 saturated heterocycles. The number of nitrogens with zero attached hydrogens (tertiary/aromatic N) is 1. The van der Waals surface area contributed by atoms with Crippen molar-refractivity contribution in [3.63, 3.8) is 0 Å². The summed E-state index contributed by atoms with van der Waals surface area (Å²) in [4.78, 5) is 4.21. The topological polar surface area (TPSA) is 42.4 Å². The van der Waals surface area contributed by atoms with Crippen molar-refractivity contribution in [2.45, 2.75) is 6.92 Å². The minimum absolute atomic E-state index is 0.131. The first-order chi connectivity index (χ1) is 7.22. The molecule has 0 saturated carbocycles. The highest BCUT2D eigenvalue weighted by Gasteiger charge is 2.07. The molecule has 0 unspecified atom stereocenters. The van der Waals surface area contributed by atoms with Crippen LogP contribution in [0.4, 0.5) is 0 Å². The molecule has 1 aromatic heterocycles. The molecule has 15 heavy (non-hydrogen) atoms. The van der Waals surface area contributed by atoms with Gasteiger partial charge in [-0.25, -0.2) is 4.98 Å². The standard InChI is InChI=1S/C11H10ClNO2/c1-2-15-10-6-9(14)7-4-3-5-8(12)11(7)13-10/h3-6H,2H2,1H3,(H,13,14). The van der Waals surface area contributed by atoms with Crippen molar-refractivity contribution in [2.75, 3.05) is 6.61 Å². The van der Waals surface area contributed by atoms with Crippen molar-refractivity contribution >= 4 is 22.5 Å². The smallest absolute Gasteiger partial charge is 0.217 e. The van der Waals surface area contributed by atoms with E-state index in [0.717, 1.165) is 0 Å². The van der Waals surface area contributed by atoms with Gasteiger partial charge in [-0.2, -0.15) is 0 Å². The molecule has 0 aliphatic heterocycles. The Kier molecular flexibility index (Phi) is 2.64. The number of aromatic nitrogens is 1. The Morgan fingerprint density at radius 2 is 2.27 bits per heavy atom. The molecule has 0 amide bonds. The summed E-state index contributed by atoms with van der Waals surface area (Å²) >= 11 is 5.97. The zero-order chi connectivity index (χ0) is 10.8. The van der Waals surface area contributed by atoms with E-state index >= 15 is 0 Å². The van der Waals surface area contributed by atoms with Gasteiger partial charge in [0.1, 0.15) is 5.75 Å². The number of hydrogen-bond donors (Lipinski definition) is 1. The van der Waals surface area contributed by atoms with Gasteiger partial charge in [0.15, 0.2) is 0 Å². The molecule has 1 heterocycles. The quantitative estimate of drug-likeness (QED) is 0.851. The molecule has 0 spiro atoms. The van der Waals surface area contributed by atoms with Gasteiger partial charge in [-0.05, 0) is 19.1 Å². The predicted octanol–water partition coefficient (Wildman–Crippen LogP) is 2.99. The van der Waals surface area contributed by atoms with E-state index in [1.807, 2.05) is 6.92 Å². The maximum absolute atomic E-state index is 9.72. The number of pyridine rings is 1. The van der Waals surface area contributed by atoms with E-state index in [1.165, 1.54) is 6.07 Å². The highest BCUT2D eigenvalue weighted by Crippen LogP contribution is 2.31. The maximum Gasteiger partial charge on any atom is 0.217 e. The summed E-state index contributed by atoms with van der Waals surface area (Å²) in [6.07, 6.45) is 0. The summed E-state index contributed by atoms with van der Waals surface area (Å²) in [7, 11) is 0. The van der Waals surface area contributed by atoms with E-state index in [1.54, 1.807) is 18.2 Å². The van der Waals surface area contributed by atoms with Crippen LogP contribution in [0.1, 0.15) is 6.92 Å². The van der Waals surface area contributed by atoms with Crippen LogP contribution in [0.3, 0.4) is 0 Å². The van der Waals surface area contributed by atoms with Gasteiger partial charge in [0, 0.05) is 11.5 Å². The largest absolute Gasteiger partial charge is 0.507 e. The van der Waals surface area contributed by atoms with Crippen molar-refractivity contribution in [1.29, 1.82) is 0 Å². The summed E-state index contributed by atoms with van der Waals surface area (Å²) in [5.41, 5.74) is 0.558. The van der Waals surface area contributed by atoms with Crippen molar-refractivity contribution < 1.29 is 9.84 Å². The summed E-state index contributed by atoms with van der Waals surface area (Å²) in [6.45, 7) is 2.36. The number of hydrogen-bond acceptors (Lipinski definition) is 3. The van der Waals surface area contributed by atoms with Crippen LogP contribution >= 0.6 is 11.6 Å². The zero-order valence-corrected chi connectivity index (χ0v) is 8.95. The van der Waals surface area contributed by atoms with Crippen LogP contribution in [0.15, 0.2) is 24.3 Å². The predicted molar refractivity (Wildman–Crippen MR) is 59.6 cm³/mol. The normalized spacial score (nSPS) is 10.5. The Balaban J connectivity index is 2.68. The van der Waals surface area contributed by atoms with E-state index in [0.29, 0.717) is 28.4 Å². The minimum Gasteiger partial charge on any atom is -0.507 e. The van der Waals surface area contributed by atoms with Crippen LogP contribution < -0.4 is 4.74 Å². The van der Waals surface area contributed by atoms with E-state index in [4.69, 9.17) is 16.3 Å². The molecule has 78 valence electrons. The van der Waals surface area contributed by atoms with Crippen molar-refractivity contribution in [3.8, 4) is 11.6 Å². The molecular weight excluding hydrogens is 214 g/mol. The van der Waals surface area contributed by atoms with Gasteiger partial charge in [-0.3, -0.25) is 0 Å². The van der Waals surface area contributed by atoms with Gasteiger partial charge in [-0.15, -0.1) is 0 Å². The average molecular weight is 224 g/mol. The van der Waals surface area contributed by atoms with Gasteiger partial charge in [-0.1, -0.05) is 17.7 Å². The Morgan fingerprint density at radius 3 is 3.00 bits per heavy atom. The minimum atomic E-state index is 0.131. The summed E-state index contributed by atoms with van der Waals surface area (Å²) < 4.78 is 5.22. The molecule has 3 nitrogen and oxygen atoms in total. The van der Waals surface area contributed by atoms with Gasteiger partial charge < -0.3 is 9.84 Å². The second-order valence-electron chi connectivity index (χ2n) is 3.05. The van der Waals surface area contributed by atoms with E-state index < -0.39 is 0 Å². The first-order valence-electron chi connectivity index (χ1n) is 4.63. The molecule has 0 atom stereocenters. The van der Waals surface area contributed by atoms with E-state index in [2.05, 4.69) is 4.98 Å². The second kappa shape index (κ2) is 3.95. The Hall–Kier alpha value is -1.48. The number of aromatic hydroxyl groups is 1. The third-order valence-corrected chi connectivity index (χ3v) is 2.34. The third-order valence-electron chi connectivity index (χ3n) is 2.04. The summed E-state index contributed by atoms with van der Waals surface area (Å²) in [5, 5.41) is 10.9. The fraction of sp³-hybridized carbons (Fsp3) is 0.182. The van der Waals surface area contributed by atoms with E-state index in [9.17, 15) is 5.11 Å². The van der Waals surface area contributed by atoms with Gasteiger partial charge in [0.25, 0.3) is 0 Å². The Morgan fingerprint density at radius 1 is 1.47 bits per heavy atom. The number of rotatable bonds is 2. The lowest BCUT2D eigenvalue weighted by Crippen LogP contribution is -1.94. The molecule has 0 fully saturated rings. The summed E-state index contributed by atoms with van der Waals surface area (Å²) in [5.74, 6) is 0.515. The summed E-state index contributed by atoms with van der Waals surface area (Å²) in [6, 6.07) is 6.75. The van der Waals surface area contributed by atoms with Crippen molar-refractivity contribution in [3.05, 3.63) is 29.3 Å². The molecule has 4 heteroatoms. The van der Waals surface area contributed by atoms with Crippen LogP contribution in [0.5, 0.6) is 11.6 Å². The molecule has 2 rings (SSSR count). The number of para-hydroxylation sites is 1. The lowest BCUT2D eigenvalue weighted by atomic mass is 10.2. The van der Waals surface area contributed by atoms with Crippen molar-refractivity contribution in [1.82, 2.24) is 4.98 Å². The van der Waals surface area contributed by atoms with E-state index in [-0.39, 0.29) is 5.75 Å². The Bertz CT molecular complexity index is 499. The van der Waals surface area contributed by atoms with Crippen LogP contribution in [0, 0.1) is 0 Å². The SMILES string of the molecule is CCOc1cc(O)c2cccc(Cl)c2n1. The van der Waals surface area contributed by atoms with Crippen LogP contribution in [0.25, 0.3) is 10.9 Å². The highest BCUT2D eigenvalue weighted by atomic mass is 35.5. The molecule has 0 bridgehead atoms. The lowest BCUT2D eigenvalue weighted by Gasteiger charge is -2.06. The molecule has 0 aliphatic rings. The monoisotopic (exact) mass is 223 g/mol. The maximum atomic E-state index is 9.72. The average Bonchev–Trinajstić information content (AvgIpc) is 2.20. The second-order valence-corrected chi connectivity index (χ2v) is 3.46. The first-order valence-corrected chi connectivity index (χ1v) is 5.01. The van der Waals surface area contributed by atoms with Gasteiger partial charge in [0.05, 0.1) is 17.1 Å². The molecule has 1 N–H and O–H groups in total. The number of halogens is 1. The first kappa shape index (κ1) is 10.1. The fourth-order valence-electron chi connectivity index (χ4n) is 1.39. The van der Waals surface area contributed by atoms with Gasteiger partial charge in [0.2, 0.25) is 5.88 Å². The number of ether oxygens (including phenoxy) is 1. The van der Waals surface area contributed by atoms with Crippen LogP contribution in [-0.2, 0) is 0 Å². The molecule has 0 radical (unpaired) electrons. The highest BCUT2D eigenvalue weighted by molar-refractivity contribution is 6.35. The zero-order valence-electron chi connectivity index (χ0n) is 8.20. The number of fused-ring (bicyclic) bond motifs is 1. The molecular formula is C11H10ClNO2. The molecule has 2 aromatic rings. The molecule has 0 aliphatic carbocycles. The van der Waals surface area contributed by atoms with Gasteiger partial charge >= 0.3 is 0 Å².